The first-order chi connectivity index (χ1) is 20.9. The molecule has 0 unspecified atom stereocenters. The number of rotatable bonds is 12. The zero-order valence-corrected chi connectivity index (χ0v) is 24.5. The Kier molecular flexibility index (Phi) is 8.96. The summed E-state index contributed by atoms with van der Waals surface area (Å²) in [6, 6.07) is 12.6. The summed E-state index contributed by atoms with van der Waals surface area (Å²) in [5.74, 6) is 2.21. The van der Waals surface area contributed by atoms with Crippen molar-refractivity contribution in [1.82, 2.24) is 5.32 Å². The predicted molar refractivity (Wildman–Crippen MR) is 151 cm³/mol. The predicted octanol–water partition coefficient (Wildman–Crippen LogP) is 4.52. The zero-order valence-electron chi connectivity index (χ0n) is 24.5. The van der Waals surface area contributed by atoms with E-state index in [1.54, 1.807) is 31.4 Å². The number of amides is 1. The van der Waals surface area contributed by atoms with E-state index in [4.69, 9.17) is 42.6 Å². The molecule has 3 aromatic rings. The Bertz CT molecular complexity index is 1490. The summed E-state index contributed by atoms with van der Waals surface area (Å²) in [4.78, 5) is 25.3. The van der Waals surface area contributed by atoms with Gasteiger partial charge in [-0.15, -0.1) is 0 Å². The van der Waals surface area contributed by atoms with Crippen LogP contribution in [0.4, 0.5) is 4.79 Å². The molecule has 0 aromatic heterocycles. The van der Waals surface area contributed by atoms with Crippen LogP contribution in [0.3, 0.4) is 0 Å². The Morgan fingerprint density at radius 3 is 2.33 bits per heavy atom. The van der Waals surface area contributed by atoms with Crippen LogP contribution in [0.1, 0.15) is 44.8 Å². The minimum absolute atomic E-state index is 0.0433. The van der Waals surface area contributed by atoms with Crippen molar-refractivity contribution in [3.8, 4) is 34.5 Å². The fourth-order valence-electron chi connectivity index (χ4n) is 5.08. The van der Waals surface area contributed by atoms with E-state index >= 15 is 0 Å². The van der Waals surface area contributed by atoms with Gasteiger partial charge in [0.15, 0.2) is 23.0 Å². The molecule has 2 atom stereocenters. The third-order valence-corrected chi connectivity index (χ3v) is 7.19. The van der Waals surface area contributed by atoms with Crippen LogP contribution in [0, 0.1) is 0 Å². The van der Waals surface area contributed by atoms with Crippen molar-refractivity contribution in [2.24, 2.45) is 0 Å². The highest BCUT2D eigenvalue weighted by Gasteiger charge is 2.48. The van der Waals surface area contributed by atoms with Gasteiger partial charge in [0.05, 0.1) is 35.5 Å². The van der Waals surface area contributed by atoms with Gasteiger partial charge < -0.3 is 47.9 Å². The second kappa shape index (κ2) is 13.0. The molecule has 12 nitrogen and oxygen atoms in total. The minimum atomic E-state index is -0.588. The Morgan fingerprint density at radius 1 is 0.884 bits per heavy atom. The van der Waals surface area contributed by atoms with Gasteiger partial charge in [-0.2, -0.15) is 0 Å². The highest BCUT2D eigenvalue weighted by molar-refractivity contribution is 5.95. The number of methoxy groups -OCH3 is 5. The number of ether oxygens (including phenoxy) is 9. The standard InChI is InChI=1S/C31H33NO11/c1-35-19-8-6-17(7-9-19)15-40-31(34)32-13-12-18-14-22-27(42-16-41-22)28(38-4)23(18)29-25(43-29)20-10-11-21(36-2)26(37-3)24(20)30(33)39-5/h6-11,14,25,29H,12-13,15-16H2,1-5H3,(H,32,34)/t25-,29-/m1/s1. The van der Waals surface area contributed by atoms with E-state index in [-0.39, 0.29) is 31.3 Å². The number of epoxide rings is 1. The highest BCUT2D eigenvalue weighted by Crippen LogP contribution is 2.59. The lowest BCUT2D eigenvalue weighted by molar-refractivity contribution is 0.0594. The lowest BCUT2D eigenvalue weighted by Crippen LogP contribution is -2.26. The average molecular weight is 596 g/mol. The van der Waals surface area contributed by atoms with Crippen LogP contribution in [-0.2, 0) is 27.2 Å². The molecule has 0 aliphatic carbocycles. The first-order valence-corrected chi connectivity index (χ1v) is 13.5. The number of nitrogens with one attached hydrogen (secondary N) is 1. The molecule has 3 aromatic carbocycles. The molecule has 2 heterocycles. The summed E-state index contributed by atoms with van der Waals surface area (Å²) >= 11 is 0. The maximum Gasteiger partial charge on any atom is 0.407 e. The van der Waals surface area contributed by atoms with Crippen molar-refractivity contribution in [2.45, 2.75) is 25.2 Å². The van der Waals surface area contributed by atoms with Crippen molar-refractivity contribution in [3.05, 3.63) is 70.3 Å². The van der Waals surface area contributed by atoms with Gasteiger partial charge in [0.25, 0.3) is 0 Å². The molecule has 0 spiro atoms. The molecule has 2 aliphatic rings. The van der Waals surface area contributed by atoms with Crippen molar-refractivity contribution >= 4 is 12.1 Å². The Labute approximate surface area is 248 Å². The maximum atomic E-state index is 12.8. The second-order valence-electron chi connectivity index (χ2n) is 9.55. The summed E-state index contributed by atoms with van der Waals surface area (Å²) in [6.07, 6.45) is -1.17. The molecule has 43 heavy (non-hydrogen) atoms. The second-order valence-corrected chi connectivity index (χ2v) is 9.55. The SMILES string of the molecule is COC(=O)c1c([C@H]2O[C@@H]2c2c(CCNC(=O)OCc3ccc(OC)cc3)cc3c(c2OC)OCO3)ccc(OC)c1OC. The van der Waals surface area contributed by atoms with Crippen LogP contribution >= 0.6 is 0 Å². The number of alkyl carbamates (subject to hydrolysis) is 1. The van der Waals surface area contributed by atoms with Crippen LogP contribution in [0.15, 0.2) is 42.5 Å². The van der Waals surface area contributed by atoms with Crippen molar-refractivity contribution in [2.75, 3.05) is 48.9 Å². The Morgan fingerprint density at radius 2 is 1.65 bits per heavy atom. The van der Waals surface area contributed by atoms with Crippen molar-refractivity contribution in [3.63, 3.8) is 0 Å². The maximum absolute atomic E-state index is 12.8. The fraction of sp³-hybridized carbons (Fsp3) is 0.355. The molecule has 1 fully saturated rings. The van der Waals surface area contributed by atoms with Gasteiger partial charge in [0.1, 0.15) is 30.1 Å². The molecular weight excluding hydrogens is 562 g/mol. The van der Waals surface area contributed by atoms with Gasteiger partial charge in [-0.05, 0) is 41.8 Å². The molecule has 228 valence electrons. The summed E-state index contributed by atoms with van der Waals surface area (Å²) in [5, 5.41) is 2.79. The van der Waals surface area contributed by atoms with E-state index in [2.05, 4.69) is 5.32 Å². The van der Waals surface area contributed by atoms with E-state index in [1.165, 1.54) is 28.4 Å². The minimum Gasteiger partial charge on any atom is -0.497 e. The average Bonchev–Trinajstić information content (AvgIpc) is 3.68. The monoisotopic (exact) mass is 595 g/mol. The molecule has 1 saturated heterocycles. The zero-order chi connectivity index (χ0) is 30.5. The van der Waals surface area contributed by atoms with Gasteiger partial charge in [-0.1, -0.05) is 18.2 Å². The van der Waals surface area contributed by atoms with Crippen LogP contribution in [0.25, 0.3) is 0 Å². The third kappa shape index (κ3) is 6.05. The topological polar surface area (TPSA) is 133 Å². The van der Waals surface area contributed by atoms with Crippen LogP contribution in [0.5, 0.6) is 34.5 Å². The number of hydrogen-bond donors (Lipinski definition) is 1. The number of fused-ring (bicyclic) bond motifs is 1. The van der Waals surface area contributed by atoms with Gasteiger partial charge in [-0.25, -0.2) is 9.59 Å². The molecule has 1 N–H and O–H groups in total. The Balaban J connectivity index is 1.36. The largest absolute Gasteiger partial charge is 0.497 e. The van der Waals surface area contributed by atoms with E-state index in [0.29, 0.717) is 35.0 Å². The van der Waals surface area contributed by atoms with E-state index in [9.17, 15) is 9.59 Å². The number of esters is 1. The van der Waals surface area contributed by atoms with Crippen molar-refractivity contribution < 1.29 is 52.2 Å². The quantitative estimate of drug-likeness (QED) is 0.234. The van der Waals surface area contributed by atoms with Gasteiger partial charge in [0.2, 0.25) is 12.5 Å². The molecule has 12 heteroatoms. The first-order valence-electron chi connectivity index (χ1n) is 13.5. The van der Waals surface area contributed by atoms with Gasteiger partial charge in [0, 0.05) is 17.7 Å². The van der Waals surface area contributed by atoms with Crippen LogP contribution in [0.2, 0.25) is 0 Å². The Hall–Kier alpha value is -4.84. The molecule has 0 radical (unpaired) electrons. The molecule has 2 aliphatic heterocycles. The lowest BCUT2D eigenvalue weighted by atomic mass is 9.93. The molecule has 5 rings (SSSR count). The summed E-state index contributed by atoms with van der Waals surface area (Å²) in [7, 11) is 7.36. The first kappa shape index (κ1) is 29.6. The normalized spacial score (nSPS) is 16.2. The summed E-state index contributed by atoms with van der Waals surface area (Å²) in [5.41, 5.74) is 3.14. The molecular formula is C31H33NO11. The van der Waals surface area contributed by atoms with Crippen molar-refractivity contribution in [1.29, 1.82) is 0 Å². The smallest absolute Gasteiger partial charge is 0.407 e. The molecule has 1 amide bonds. The number of carbonyl (C=O) groups excluding carboxylic acids is 2. The van der Waals surface area contributed by atoms with Crippen LogP contribution in [-0.4, -0.2) is 60.9 Å². The number of benzene rings is 3. The summed E-state index contributed by atoms with van der Waals surface area (Å²) in [6.45, 7) is 0.421. The number of carbonyl (C=O) groups is 2. The van der Waals surface area contributed by atoms with Gasteiger partial charge in [-0.3, -0.25) is 0 Å². The number of hydrogen-bond acceptors (Lipinski definition) is 11. The van der Waals surface area contributed by atoms with E-state index in [1.807, 2.05) is 18.2 Å². The third-order valence-electron chi connectivity index (χ3n) is 7.19. The van der Waals surface area contributed by atoms with Crippen LogP contribution < -0.4 is 33.7 Å². The van der Waals surface area contributed by atoms with Gasteiger partial charge >= 0.3 is 12.1 Å². The fourth-order valence-corrected chi connectivity index (χ4v) is 5.08. The summed E-state index contributed by atoms with van der Waals surface area (Å²) < 4.78 is 49.8. The highest BCUT2D eigenvalue weighted by atomic mass is 16.7. The van der Waals surface area contributed by atoms with E-state index in [0.717, 1.165) is 22.4 Å². The van der Waals surface area contributed by atoms with E-state index < -0.39 is 24.3 Å². The lowest BCUT2D eigenvalue weighted by Gasteiger charge is -2.16. The molecule has 0 bridgehead atoms. The molecule has 0 saturated carbocycles.